The van der Waals surface area contributed by atoms with Gasteiger partial charge < -0.3 is 9.47 Å². The first-order valence-corrected chi connectivity index (χ1v) is 9.28. The van der Waals surface area contributed by atoms with Crippen molar-refractivity contribution < 1.29 is 17.9 Å². The lowest BCUT2D eigenvalue weighted by Gasteiger charge is -2.17. The average Bonchev–Trinajstić information content (AvgIpc) is 2.55. The van der Waals surface area contributed by atoms with Crippen LogP contribution in [0.2, 0.25) is 0 Å². The Kier molecular flexibility index (Phi) is 6.36. The third-order valence-corrected chi connectivity index (χ3v) is 5.00. The van der Waals surface area contributed by atoms with Gasteiger partial charge in [-0.3, -0.25) is 0 Å². The summed E-state index contributed by atoms with van der Waals surface area (Å²) in [6.07, 6.45) is -0.382. The quantitative estimate of drug-likeness (QED) is 0.796. The zero-order valence-corrected chi connectivity index (χ0v) is 15.0. The van der Waals surface area contributed by atoms with Crippen LogP contribution < -0.4 is 9.46 Å². The van der Waals surface area contributed by atoms with Gasteiger partial charge in [0.2, 0.25) is 10.0 Å². The zero-order valence-electron chi connectivity index (χ0n) is 14.2. The number of rotatable bonds is 8. The molecule has 0 aliphatic carbocycles. The number of hydrogen-bond donors (Lipinski definition) is 1. The molecule has 5 nitrogen and oxygen atoms in total. The summed E-state index contributed by atoms with van der Waals surface area (Å²) in [5.41, 5.74) is 2.65. The highest BCUT2D eigenvalue weighted by molar-refractivity contribution is 7.88. The second kappa shape index (κ2) is 8.28. The van der Waals surface area contributed by atoms with Crippen LogP contribution in [0.3, 0.4) is 0 Å². The van der Waals surface area contributed by atoms with Crippen LogP contribution in [0.5, 0.6) is 5.75 Å². The van der Waals surface area contributed by atoms with E-state index < -0.39 is 10.0 Å². The van der Waals surface area contributed by atoms with Gasteiger partial charge in [-0.2, -0.15) is 0 Å². The van der Waals surface area contributed by atoms with Crippen molar-refractivity contribution in [3.63, 3.8) is 0 Å². The molecule has 6 heteroatoms. The lowest BCUT2D eigenvalue weighted by molar-refractivity contribution is 0.107. The molecule has 0 saturated carbocycles. The topological polar surface area (TPSA) is 64.6 Å². The number of sulfonamides is 1. The Bertz CT molecular complexity index is 774. The normalized spacial score (nSPS) is 12.8. The molecule has 0 heterocycles. The molecule has 0 fully saturated rings. The summed E-state index contributed by atoms with van der Waals surface area (Å²) in [6.45, 7) is 2.10. The number of hydrogen-bond acceptors (Lipinski definition) is 4. The van der Waals surface area contributed by atoms with Crippen LogP contribution in [0.15, 0.2) is 48.5 Å². The molecule has 0 radical (unpaired) electrons. The molecular weight excluding hydrogens is 326 g/mol. The minimum Gasteiger partial charge on any atom is -0.497 e. The van der Waals surface area contributed by atoms with Gasteiger partial charge in [-0.1, -0.05) is 42.0 Å². The SMILES string of the molecule is COc1cccc([C@@H](CNS(=O)(=O)Cc2cccc(C)c2)OC)c1. The van der Waals surface area contributed by atoms with Gasteiger partial charge in [0.15, 0.2) is 0 Å². The van der Waals surface area contributed by atoms with Crippen molar-refractivity contribution in [1.29, 1.82) is 0 Å². The number of benzene rings is 2. The number of nitrogens with one attached hydrogen (secondary N) is 1. The van der Waals surface area contributed by atoms with Crippen molar-refractivity contribution in [2.75, 3.05) is 20.8 Å². The molecule has 0 unspecified atom stereocenters. The lowest BCUT2D eigenvalue weighted by Crippen LogP contribution is -2.30. The fourth-order valence-electron chi connectivity index (χ4n) is 2.45. The maximum absolute atomic E-state index is 12.3. The number of methoxy groups -OCH3 is 2. The fourth-order valence-corrected chi connectivity index (χ4v) is 3.58. The van der Waals surface area contributed by atoms with Crippen molar-refractivity contribution in [2.45, 2.75) is 18.8 Å². The van der Waals surface area contributed by atoms with E-state index in [4.69, 9.17) is 9.47 Å². The van der Waals surface area contributed by atoms with Crippen LogP contribution in [0, 0.1) is 6.92 Å². The Morgan fingerprint density at radius 2 is 1.83 bits per heavy atom. The Morgan fingerprint density at radius 3 is 2.50 bits per heavy atom. The monoisotopic (exact) mass is 349 g/mol. The van der Waals surface area contributed by atoms with Gasteiger partial charge in [-0.15, -0.1) is 0 Å². The van der Waals surface area contributed by atoms with E-state index in [2.05, 4.69) is 4.72 Å². The van der Waals surface area contributed by atoms with E-state index in [0.717, 1.165) is 16.7 Å². The van der Waals surface area contributed by atoms with Gasteiger partial charge in [-0.25, -0.2) is 13.1 Å². The Morgan fingerprint density at radius 1 is 1.08 bits per heavy atom. The molecule has 0 bridgehead atoms. The summed E-state index contributed by atoms with van der Waals surface area (Å²) >= 11 is 0. The van der Waals surface area contributed by atoms with Gasteiger partial charge >= 0.3 is 0 Å². The highest BCUT2D eigenvalue weighted by atomic mass is 32.2. The lowest BCUT2D eigenvalue weighted by atomic mass is 10.1. The molecule has 130 valence electrons. The molecule has 2 rings (SSSR count). The first-order chi connectivity index (χ1) is 11.4. The van der Waals surface area contributed by atoms with E-state index in [9.17, 15) is 8.42 Å². The molecule has 2 aromatic carbocycles. The number of ether oxygens (including phenoxy) is 2. The summed E-state index contributed by atoms with van der Waals surface area (Å²) < 4.78 is 37.8. The summed E-state index contributed by atoms with van der Waals surface area (Å²) in [7, 11) is -0.298. The van der Waals surface area contributed by atoms with Crippen molar-refractivity contribution in [1.82, 2.24) is 4.72 Å². The molecule has 0 aromatic heterocycles. The molecule has 0 aliphatic rings. The maximum Gasteiger partial charge on any atom is 0.215 e. The molecule has 0 spiro atoms. The van der Waals surface area contributed by atoms with Gasteiger partial charge in [0.25, 0.3) is 0 Å². The van der Waals surface area contributed by atoms with Crippen LogP contribution in [0.1, 0.15) is 22.8 Å². The average molecular weight is 349 g/mol. The van der Waals surface area contributed by atoms with E-state index in [-0.39, 0.29) is 18.4 Å². The zero-order chi connectivity index (χ0) is 17.6. The van der Waals surface area contributed by atoms with Gasteiger partial charge in [0.1, 0.15) is 5.75 Å². The summed E-state index contributed by atoms with van der Waals surface area (Å²) in [4.78, 5) is 0. The van der Waals surface area contributed by atoms with Crippen molar-refractivity contribution in [3.05, 3.63) is 65.2 Å². The van der Waals surface area contributed by atoms with Gasteiger partial charge in [-0.05, 0) is 30.2 Å². The summed E-state index contributed by atoms with van der Waals surface area (Å²) in [5, 5.41) is 0. The highest BCUT2D eigenvalue weighted by Crippen LogP contribution is 2.21. The van der Waals surface area contributed by atoms with Crippen LogP contribution >= 0.6 is 0 Å². The second-order valence-electron chi connectivity index (χ2n) is 5.60. The first-order valence-electron chi connectivity index (χ1n) is 7.63. The Labute approximate surface area is 143 Å². The van der Waals surface area contributed by atoms with E-state index >= 15 is 0 Å². The second-order valence-corrected chi connectivity index (χ2v) is 7.40. The minimum absolute atomic E-state index is 0.0524. The molecule has 0 saturated heterocycles. The predicted octanol–water partition coefficient (Wildman–Crippen LogP) is 2.81. The third kappa shape index (κ3) is 5.33. The number of aryl methyl sites for hydroxylation is 1. The van der Waals surface area contributed by atoms with Crippen LogP contribution in [-0.4, -0.2) is 29.2 Å². The third-order valence-electron chi connectivity index (χ3n) is 3.68. The highest BCUT2D eigenvalue weighted by Gasteiger charge is 2.17. The predicted molar refractivity (Wildman–Crippen MR) is 94.5 cm³/mol. The standard InChI is InChI=1S/C18H23NO4S/c1-14-6-4-7-15(10-14)13-24(20,21)19-12-18(23-3)16-8-5-9-17(11-16)22-2/h4-11,18-19H,12-13H2,1-3H3/t18-/m1/s1. The van der Waals surface area contributed by atoms with Gasteiger partial charge in [0.05, 0.1) is 19.0 Å². The summed E-state index contributed by atoms with van der Waals surface area (Å²) in [6, 6.07) is 14.9. The smallest absolute Gasteiger partial charge is 0.215 e. The Hall–Kier alpha value is -1.89. The van der Waals surface area contributed by atoms with Gasteiger partial charge in [0, 0.05) is 13.7 Å². The molecular formula is C18H23NO4S. The van der Waals surface area contributed by atoms with Crippen molar-refractivity contribution in [3.8, 4) is 5.75 Å². The molecule has 24 heavy (non-hydrogen) atoms. The summed E-state index contributed by atoms with van der Waals surface area (Å²) in [5.74, 6) is 0.653. The van der Waals surface area contributed by atoms with Crippen LogP contribution in [0.25, 0.3) is 0 Å². The Balaban J connectivity index is 2.03. The van der Waals surface area contributed by atoms with E-state index in [1.807, 2.05) is 55.5 Å². The molecule has 2 aromatic rings. The fraction of sp³-hybridized carbons (Fsp3) is 0.333. The van der Waals surface area contributed by atoms with E-state index in [0.29, 0.717) is 5.75 Å². The largest absolute Gasteiger partial charge is 0.497 e. The molecule has 1 N–H and O–H groups in total. The molecule has 0 aliphatic heterocycles. The maximum atomic E-state index is 12.3. The minimum atomic E-state index is -3.44. The van der Waals surface area contributed by atoms with Crippen molar-refractivity contribution in [2.24, 2.45) is 0 Å². The van der Waals surface area contributed by atoms with Crippen LogP contribution in [-0.2, 0) is 20.5 Å². The first kappa shape index (κ1) is 18.4. The van der Waals surface area contributed by atoms with Crippen LogP contribution in [0.4, 0.5) is 0 Å². The van der Waals surface area contributed by atoms with E-state index in [1.165, 1.54) is 0 Å². The molecule has 0 amide bonds. The van der Waals surface area contributed by atoms with E-state index in [1.54, 1.807) is 14.2 Å². The molecule has 1 atom stereocenters. The van der Waals surface area contributed by atoms with Crippen molar-refractivity contribution >= 4 is 10.0 Å².